The highest BCUT2D eigenvalue weighted by atomic mass is 32.2. The number of nitrogens with one attached hydrogen (secondary N) is 2. The zero-order valence-electron chi connectivity index (χ0n) is 16.1. The lowest BCUT2D eigenvalue weighted by atomic mass is 10.2. The van der Waals surface area contributed by atoms with E-state index < -0.39 is 28.0 Å². The summed E-state index contributed by atoms with van der Waals surface area (Å²) in [6, 6.07) is 5.30. The standard InChI is InChI=1S/C18H21N3O7S/c1-10-8-16(20-28-10)19-17(22)11(2)27-18(23)12-4-7-14(26-3)15(9-12)29(24,25)21-13-5-6-13/h4,7-9,11,13,21H,5-6H2,1-3H3,(H,19,20,22). The number of aromatic nitrogens is 1. The van der Waals surface area contributed by atoms with Crippen molar-refractivity contribution in [1.82, 2.24) is 9.88 Å². The quantitative estimate of drug-likeness (QED) is 0.611. The van der Waals surface area contributed by atoms with Crippen molar-refractivity contribution in [2.75, 3.05) is 12.4 Å². The van der Waals surface area contributed by atoms with Crippen LogP contribution in [0.15, 0.2) is 33.7 Å². The van der Waals surface area contributed by atoms with Crippen LogP contribution in [-0.4, -0.2) is 44.7 Å². The number of esters is 1. The Morgan fingerprint density at radius 3 is 2.59 bits per heavy atom. The van der Waals surface area contributed by atoms with Crippen LogP contribution in [0.5, 0.6) is 5.75 Å². The number of hydrogen-bond donors (Lipinski definition) is 2. The first-order valence-electron chi connectivity index (χ1n) is 8.85. The maximum atomic E-state index is 12.5. The first-order valence-corrected chi connectivity index (χ1v) is 10.3. The van der Waals surface area contributed by atoms with Gasteiger partial charge < -0.3 is 19.3 Å². The largest absolute Gasteiger partial charge is 0.495 e. The van der Waals surface area contributed by atoms with Gasteiger partial charge in [0.05, 0.1) is 12.7 Å². The van der Waals surface area contributed by atoms with Crippen LogP contribution in [0.4, 0.5) is 5.82 Å². The predicted octanol–water partition coefficient (Wildman–Crippen LogP) is 1.62. The van der Waals surface area contributed by atoms with Gasteiger partial charge in [-0.3, -0.25) is 4.79 Å². The summed E-state index contributed by atoms with van der Waals surface area (Å²) in [4.78, 5) is 24.4. The molecular weight excluding hydrogens is 402 g/mol. The molecule has 1 fully saturated rings. The summed E-state index contributed by atoms with van der Waals surface area (Å²) in [5.74, 6) is -0.657. The maximum Gasteiger partial charge on any atom is 0.338 e. The third-order valence-electron chi connectivity index (χ3n) is 4.12. The number of methoxy groups -OCH3 is 1. The number of hydrogen-bond acceptors (Lipinski definition) is 8. The Labute approximate surface area is 167 Å². The Bertz CT molecular complexity index is 1030. The third kappa shape index (κ3) is 5.12. The van der Waals surface area contributed by atoms with E-state index in [0.717, 1.165) is 18.9 Å². The van der Waals surface area contributed by atoms with Crippen LogP contribution < -0.4 is 14.8 Å². The van der Waals surface area contributed by atoms with Gasteiger partial charge in [0.1, 0.15) is 16.4 Å². The second-order valence-corrected chi connectivity index (χ2v) is 8.30. The number of nitrogens with zero attached hydrogens (tertiary/aromatic N) is 1. The summed E-state index contributed by atoms with van der Waals surface area (Å²) < 4.78 is 42.7. The van der Waals surface area contributed by atoms with Crippen molar-refractivity contribution in [3.05, 3.63) is 35.6 Å². The average Bonchev–Trinajstić information content (AvgIpc) is 3.39. The molecule has 1 aliphatic rings. The van der Waals surface area contributed by atoms with E-state index in [1.165, 1.54) is 32.2 Å². The van der Waals surface area contributed by atoms with E-state index in [0.29, 0.717) is 5.76 Å². The second kappa shape index (κ2) is 8.21. The smallest absolute Gasteiger partial charge is 0.338 e. The molecule has 10 nitrogen and oxygen atoms in total. The van der Waals surface area contributed by atoms with Crippen LogP contribution in [0.1, 0.15) is 35.9 Å². The minimum absolute atomic E-state index is 0.0288. The normalized spacial score (nSPS) is 14.9. The summed E-state index contributed by atoms with van der Waals surface area (Å²) in [7, 11) is -2.52. The van der Waals surface area contributed by atoms with Crippen LogP contribution in [-0.2, 0) is 19.6 Å². The number of benzene rings is 1. The molecule has 11 heteroatoms. The predicted molar refractivity (Wildman–Crippen MR) is 101 cm³/mol. The fourth-order valence-corrected chi connectivity index (χ4v) is 3.93. The van der Waals surface area contributed by atoms with Gasteiger partial charge >= 0.3 is 5.97 Å². The number of carbonyl (C=O) groups excluding carboxylic acids is 2. The van der Waals surface area contributed by atoms with Crippen molar-refractivity contribution in [3.8, 4) is 5.75 Å². The number of carbonyl (C=O) groups is 2. The number of amides is 1. The van der Waals surface area contributed by atoms with E-state index in [-0.39, 0.29) is 28.1 Å². The molecule has 156 valence electrons. The van der Waals surface area contributed by atoms with Gasteiger partial charge in [-0.05, 0) is 44.9 Å². The minimum atomic E-state index is -3.86. The highest BCUT2D eigenvalue weighted by Crippen LogP contribution is 2.28. The van der Waals surface area contributed by atoms with Crippen LogP contribution in [0, 0.1) is 6.92 Å². The monoisotopic (exact) mass is 423 g/mol. The molecule has 1 amide bonds. The molecule has 1 saturated carbocycles. The minimum Gasteiger partial charge on any atom is -0.495 e. The van der Waals surface area contributed by atoms with E-state index in [1.807, 2.05) is 0 Å². The third-order valence-corrected chi connectivity index (χ3v) is 5.66. The Morgan fingerprint density at radius 1 is 1.28 bits per heavy atom. The van der Waals surface area contributed by atoms with Gasteiger partial charge in [0, 0.05) is 12.1 Å². The fourth-order valence-electron chi connectivity index (χ4n) is 2.43. The lowest BCUT2D eigenvalue weighted by molar-refractivity contribution is -0.123. The van der Waals surface area contributed by atoms with Crippen LogP contribution in [0.3, 0.4) is 0 Å². The van der Waals surface area contributed by atoms with Crippen molar-refractivity contribution >= 4 is 27.7 Å². The van der Waals surface area contributed by atoms with Crippen molar-refractivity contribution < 1.29 is 32.0 Å². The molecule has 2 aromatic rings. The highest BCUT2D eigenvalue weighted by Gasteiger charge is 2.31. The molecule has 0 radical (unpaired) electrons. The van der Waals surface area contributed by atoms with E-state index in [2.05, 4.69) is 15.2 Å². The lowest BCUT2D eigenvalue weighted by Gasteiger charge is -2.14. The second-order valence-electron chi connectivity index (χ2n) is 6.62. The van der Waals surface area contributed by atoms with Gasteiger partial charge in [0.25, 0.3) is 5.91 Å². The van der Waals surface area contributed by atoms with E-state index in [9.17, 15) is 18.0 Å². The molecule has 1 aliphatic carbocycles. The number of anilines is 1. The molecule has 1 aromatic heterocycles. The zero-order chi connectivity index (χ0) is 21.2. The number of rotatable bonds is 8. The van der Waals surface area contributed by atoms with Crippen molar-refractivity contribution in [2.24, 2.45) is 0 Å². The Morgan fingerprint density at radius 2 is 2.00 bits per heavy atom. The topological polar surface area (TPSA) is 137 Å². The van der Waals surface area contributed by atoms with E-state index in [1.54, 1.807) is 6.92 Å². The Balaban J connectivity index is 1.72. The van der Waals surface area contributed by atoms with Gasteiger partial charge in [-0.1, -0.05) is 5.16 Å². The van der Waals surface area contributed by atoms with Crippen molar-refractivity contribution in [2.45, 2.75) is 43.7 Å². The summed E-state index contributed by atoms with van der Waals surface area (Å²) >= 11 is 0. The molecule has 0 aliphatic heterocycles. The summed E-state index contributed by atoms with van der Waals surface area (Å²) in [6.45, 7) is 3.05. The Hall–Kier alpha value is -2.92. The Kier molecular flexibility index (Phi) is 5.89. The van der Waals surface area contributed by atoms with Crippen molar-refractivity contribution in [3.63, 3.8) is 0 Å². The van der Waals surface area contributed by atoms with Gasteiger partial charge in [-0.15, -0.1) is 0 Å². The molecular formula is C18H21N3O7S. The van der Waals surface area contributed by atoms with Crippen molar-refractivity contribution in [1.29, 1.82) is 0 Å². The molecule has 0 spiro atoms. The van der Waals surface area contributed by atoms with Crippen LogP contribution in [0.25, 0.3) is 0 Å². The SMILES string of the molecule is COc1ccc(C(=O)OC(C)C(=O)Nc2cc(C)on2)cc1S(=O)(=O)NC1CC1. The molecule has 0 saturated heterocycles. The molecule has 1 atom stereocenters. The molecule has 0 bridgehead atoms. The molecule has 29 heavy (non-hydrogen) atoms. The number of sulfonamides is 1. The highest BCUT2D eigenvalue weighted by molar-refractivity contribution is 7.89. The lowest BCUT2D eigenvalue weighted by Crippen LogP contribution is -2.30. The molecule has 2 N–H and O–H groups in total. The van der Waals surface area contributed by atoms with Crippen LogP contribution in [0.2, 0.25) is 0 Å². The zero-order valence-corrected chi connectivity index (χ0v) is 16.9. The maximum absolute atomic E-state index is 12.5. The number of ether oxygens (including phenoxy) is 2. The van der Waals surface area contributed by atoms with E-state index in [4.69, 9.17) is 14.0 Å². The number of aryl methyl sites for hydroxylation is 1. The average molecular weight is 423 g/mol. The molecule has 1 unspecified atom stereocenters. The summed E-state index contributed by atoms with van der Waals surface area (Å²) in [5.41, 5.74) is -0.0288. The van der Waals surface area contributed by atoms with Gasteiger partial charge in [-0.25, -0.2) is 17.9 Å². The molecule has 1 heterocycles. The van der Waals surface area contributed by atoms with Gasteiger partial charge in [0.15, 0.2) is 11.9 Å². The van der Waals surface area contributed by atoms with Crippen LogP contribution >= 0.6 is 0 Å². The summed E-state index contributed by atoms with van der Waals surface area (Å²) in [6.07, 6.45) is 0.383. The first kappa shape index (κ1) is 20.8. The molecule has 3 rings (SSSR count). The summed E-state index contributed by atoms with van der Waals surface area (Å²) in [5, 5.41) is 6.08. The fraction of sp³-hybridized carbons (Fsp3) is 0.389. The van der Waals surface area contributed by atoms with E-state index >= 15 is 0 Å². The molecule has 1 aromatic carbocycles. The van der Waals surface area contributed by atoms with Gasteiger partial charge in [0.2, 0.25) is 10.0 Å². The van der Waals surface area contributed by atoms with Gasteiger partial charge in [-0.2, -0.15) is 0 Å². The first-order chi connectivity index (χ1) is 13.7.